The Morgan fingerprint density at radius 1 is 1.23 bits per heavy atom. The van der Waals surface area contributed by atoms with Gasteiger partial charge in [-0.3, -0.25) is 10.2 Å². The number of nitrogens with zero attached hydrogens (tertiary/aromatic N) is 1. The SMILES string of the molecule is COc1ccc(NNC2=CCNC(=O)c3[nH]c4ccc(Cl)cc4c32)cn1. The summed E-state index contributed by atoms with van der Waals surface area (Å²) in [5, 5.41) is 4.32. The Balaban J connectivity index is 1.69. The number of benzene rings is 1. The molecule has 2 aromatic heterocycles. The number of methoxy groups -OCH3 is 1. The molecule has 0 radical (unpaired) electrons. The quantitative estimate of drug-likeness (QED) is 0.531. The highest BCUT2D eigenvalue weighted by atomic mass is 35.5. The molecule has 1 aliphatic heterocycles. The average Bonchev–Trinajstić information content (AvgIpc) is 2.95. The van der Waals surface area contributed by atoms with Crippen molar-refractivity contribution in [3.8, 4) is 5.88 Å². The Bertz CT molecular complexity index is 1010. The van der Waals surface area contributed by atoms with Crippen molar-refractivity contribution >= 4 is 39.8 Å². The van der Waals surface area contributed by atoms with Crippen molar-refractivity contribution in [2.75, 3.05) is 19.1 Å². The molecule has 0 atom stereocenters. The summed E-state index contributed by atoms with van der Waals surface area (Å²) in [6.45, 7) is 0.411. The predicted octanol–water partition coefficient (Wildman–Crippen LogP) is 2.93. The standard InChI is InChI=1S/C18H16ClN5O2/c1-26-15-5-3-11(9-21-15)23-24-14-6-7-20-18(25)17-16(14)12-8-10(19)2-4-13(12)22-17/h2-6,8-9,22-24H,7H2,1H3,(H,20,25). The van der Waals surface area contributed by atoms with E-state index in [1.54, 1.807) is 25.4 Å². The Morgan fingerprint density at radius 3 is 2.88 bits per heavy atom. The topological polar surface area (TPSA) is 91.1 Å². The molecule has 1 aromatic carbocycles. The summed E-state index contributed by atoms with van der Waals surface area (Å²) in [5.41, 5.74) is 9.89. The third kappa shape index (κ3) is 2.93. The van der Waals surface area contributed by atoms with E-state index in [9.17, 15) is 4.79 Å². The Hall–Kier alpha value is -3.19. The number of fused-ring (bicyclic) bond motifs is 3. The van der Waals surface area contributed by atoms with Gasteiger partial charge in [-0.2, -0.15) is 0 Å². The minimum absolute atomic E-state index is 0.161. The van der Waals surface area contributed by atoms with Crippen LogP contribution in [0.3, 0.4) is 0 Å². The number of aromatic nitrogens is 2. The van der Waals surface area contributed by atoms with Crippen LogP contribution >= 0.6 is 11.6 Å². The second kappa shape index (κ2) is 6.61. The highest BCUT2D eigenvalue weighted by molar-refractivity contribution is 6.31. The number of aromatic amines is 1. The van der Waals surface area contributed by atoms with Crippen LogP contribution in [0.2, 0.25) is 5.02 Å². The Labute approximate surface area is 154 Å². The van der Waals surface area contributed by atoms with Crippen LogP contribution in [0.1, 0.15) is 16.1 Å². The molecule has 0 bridgehead atoms. The largest absolute Gasteiger partial charge is 0.481 e. The molecule has 26 heavy (non-hydrogen) atoms. The smallest absolute Gasteiger partial charge is 0.268 e. The summed E-state index contributed by atoms with van der Waals surface area (Å²) >= 11 is 6.15. The number of amides is 1. The molecule has 4 N–H and O–H groups in total. The highest BCUT2D eigenvalue weighted by Gasteiger charge is 2.23. The maximum atomic E-state index is 12.4. The molecule has 0 fully saturated rings. The first-order chi connectivity index (χ1) is 12.7. The van der Waals surface area contributed by atoms with E-state index in [1.165, 1.54) is 0 Å². The molecule has 1 amide bonds. The van der Waals surface area contributed by atoms with Crippen molar-refractivity contribution < 1.29 is 9.53 Å². The number of hydrogen-bond acceptors (Lipinski definition) is 5. The van der Waals surface area contributed by atoms with E-state index in [1.807, 2.05) is 24.3 Å². The number of H-pyrrole nitrogens is 1. The van der Waals surface area contributed by atoms with E-state index in [0.29, 0.717) is 23.1 Å². The van der Waals surface area contributed by atoms with Gasteiger partial charge >= 0.3 is 0 Å². The molecule has 0 saturated carbocycles. The van der Waals surface area contributed by atoms with Crippen LogP contribution in [0, 0.1) is 0 Å². The van der Waals surface area contributed by atoms with Crippen LogP contribution < -0.4 is 20.9 Å². The first-order valence-electron chi connectivity index (χ1n) is 7.98. The Morgan fingerprint density at radius 2 is 2.12 bits per heavy atom. The zero-order valence-electron chi connectivity index (χ0n) is 13.9. The molecule has 8 heteroatoms. The number of hydrogen-bond donors (Lipinski definition) is 4. The van der Waals surface area contributed by atoms with Crippen molar-refractivity contribution in [1.29, 1.82) is 0 Å². The first-order valence-corrected chi connectivity index (χ1v) is 8.35. The second-order valence-corrected chi connectivity index (χ2v) is 6.17. The summed E-state index contributed by atoms with van der Waals surface area (Å²) < 4.78 is 5.05. The summed E-state index contributed by atoms with van der Waals surface area (Å²) in [5.74, 6) is 0.374. The van der Waals surface area contributed by atoms with Crippen molar-refractivity contribution in [2.45, 2.75) is 0 Å². The van der Waals surface area contributed by atoms with Crippen molar-refractivity contribution in [1.82, 2.24) is 20.7 Å². The molecule has 3 heterocycles. The number of nitrogens with one attached hydrogen (secondary N) is 4. The van der Waals surface area contributed by atoms with Gasteiger partial charge < -0.3 is 20.5 Å². The van der Waals surface area contributed by atoms with Gasteiger partial charge in [0.2, 0.25) is 5.88 Å². The number of ether oxygens (including phenoxy) is 1. The lowest BCUT2D eigenvalue weighted by Gasteiger charge is -2.13. The van der Waals surface area contributed by atoms with Crippen LogP contribution in [0.5, 0.6) is 5.88 Å². The van der Waals surface area contributed by atoms with Crippen LogP contribution in [-0.2, 0) is 0 Å². The number of anilines is 1. The number of halogens is 1. The zero-order chi connectivity index (χ0) is 18.1. The maximum absolute atomic E-state index is 12.4. The normalized spacial score (nSPS) is 13.5. The van der Waals surface area contributed by atoms with E-state index >= 15 is 0 Å². The number of hydrazine groups is 1. The summed E-state index contributed by atoms with van der Waals surface area (Å²) in [6, 6.07) is 9.09. The van der Waals surface area contributed by atoms with Crippen molar-refractivity contribution in [3.05, 3.63) is 58.9 Å². The van der Waals surface area contributed by atoms with E-state index in [4.69, 9.17) is 16.3 Å². The Kier molecular flexibility index (Phi) is 4.14. The van der Waals surface area contributed by atoms with Gasteiger partial charge in [-0.15, -0.1) is 0 Å². The van der Waals surface area contributed by atoms with Gasteiger partial charge in [0.15, 0.2) is 0 Å². The average molecular weight is 370 g/mol. The van der Waals surface area contributed by atoms with Crippen molar-refractivity contribution in [3.63, 3.8) is 0 Å². The van der Waals surface area contributed by atoms with Gasteiger partial charge in [0.05, 0.1) is 24.7 Å². The van der Waals surface area contributed by atoms with E-state index in [0.717, 1.165) is 27.9 Å². The monoisotopic (exact) mass is 369 g/mol. The van der Waals surface area contributed by atoms with Crippen LogP contribution in [-0.4, -0.2) is 29.5 Å². The van der Waals surface area contributed by atoms with Gasteiger partial charge in [0.1, 0.15) is 5.69 Å². The fourth-order valence-electron chi connectivity index (χ4n) is 2.88. The third-order valence-corrected chi connectivity index (χ3v) is 4.35. The van der Waals surface area contributed by atoms with Crippen LogP contribution in [0.15, 0.2) is 42.6 Å². The number of carbonyl (C=O) groups excluding carboxylic acids is 1. The van der Waals surface area contributed by atoms with Gasteiger partial charge in [-0.1, -0.05) is 11.6 Å². The fourth-order valence-corrected chi connectivity index (χ4v) is 3.05. The van der Waals surface area contributed by atoms with E-state index in [2.05, 4.69) is 26.1 Å². The van der Waals surface area contributed by atoms with Crippen LogP contribution in [0.4, 0.5) is 5.69 Å². The van der Waals surface area contributed by atoms with E-state index < -0.39 is 0 Å². The van der Waals surface area contributed by atoms with E-state index in [-0.39, 0.29) is 5.91 Å². The highest BCUT2D eigenvalue weighted by Crippen LogP contribution is 2.31. The van der Waals surface area contributed by atoms with Crippen molar-refractivity contribution in [2.24, 2.45) is 0 Å². The number of pyridine rings is 1. The van der Waals surface area contributed by atoms with Gasteiger partial charge in [0, 0.05) is 34.1 Å². The third-order valence-electron chi connectivity index (χ3n) is 4.11. The lowest BCUT2D eigenvalue weighted by atomic mass is 10.1. The minimum Gasteiger partial charge on any atom is -0.481 e. The molecule has 0 unspecified atom stereocenters. The molecule has 1 aliphatic rings. The van der Waals surface area contributed by atoms with Crippen LogP contribution in [0.25, 0.3) is 16.6 Å². The molecular formula is C18H16ClN5O2. The zero-order valence-corrected chi connectivity index (χ0v) is 14.6. The molecule has 132 valence electrons. The fraction of sp³-hybridized carbons (Fsp3) is 0.111. The molecule has 4 rings (SSSR count). The van der Waals surface area contributed by atoms with Gasteiger partial charge in [-0.25, -0.2) is 4.98 Å². The molecular weight excluding hydrogens is 354 g/mol. The lowest BCUT2D eigenvalue weighted by molar-refractivity contribution is 0.0954. The second-order valence-electron chi connectivity index (χ2n) is 5.73. The first kappa shape index (κ1) is 16.3. The van der Waals surface area contributed by atoms with Gasteiger partial charge in [-0.05, 0) is 30.3 Å². The summed E-state index contributed by atoms with van der Waals surface area (Å²) in [7, 11) is 1.57. The lowest BCUT2D eigenvalue weighted by Crippen LogP contribution is -2.22. The van der Waals surface area contributed by atoms with Gasteiger partial charge in [0.25, 0.3) is 5.91 Å². The molecule has 0 saturated heterocycles. The number of carbonyl (C=O) groups is 1. The number of rotatable bonds is 4. The predicted molar refractivity (Wildman–Crippen MR) is 101 cm³/mol. The molecule has 7 nitrogen and oxygen atoms in total. The summed E-state index contributed by atoms with van der Waals surface area (Å²) in [4.78, 5) is 19.7. The minimum atomic E-state index is -0.161. The maximum Gasteiger partial charge on any atom is 0.268 e. The summed E-state index contributed by atoms with van der Waals surface area (Å²) in [6.07, 6.45) is 3.56. The molecule has 0 aliphatic carbocycles. The molecule has 0 spiro atoms. The molecule has 3 aromatic rings.